The highest BCUT2D eigenvalue weighted by molar-refractivity contribution is 5.90. The van der Waals surface area contributed by atoms with E-state index >= 15 is 0 Å². The van der Waals surface area contributed by atoms with Crippen LogP contribution in [0, 0.1) is 11.3 Å². The third-order valence-corrected chi connectivity index (χ3v) is 4.43. The highest BCUT2D eigenvalue weighted by Gasteiger charge is 2.14. The quantitative estimate of drug-likeness (QED) is 0.706. The molecule has 1 aromatic heterocycles. The minimum Gasteiger partial charge on any atom is -0.465 e. The molecule has 0 spiro atoms. The number of ether oxygens (including phenoxy) is 1. The van der Waals surface area contributed by atoms with Crippen LogP contribution in [0.1, 0.15) is 28.4 Å². The fourth-order valence-corrected chi connectivity index (χ4v) is 2.87. The number of aromatic nitrogens is 1. The number of nitrogen functional groups attached to an aromatic ring is 1. The largest absolute Gasteiger partial charge is 0.465 e. The number of aryl methyl sites for hydroxylation is 1. The van der Waals surface area contributed by atoms with Gasteiger partial charge in [-0.3, -0.25) is 0 Å². The average molecular weight is 357 g/mol. The molecule has 1 heterocycles. The van der Waals surface area contributed by atoms with Crippen LogP contribution in [0.2, 0.25) is 0 Å². The van der Waals surface area contributed by atoms with Crippen molar-refractivity contribution in [1.29, 1.82) is 5.26 Å². The summed E-state index contributed by atoms with van der Waals surface area (Å²) in [4.78, 5) is 16.0. The van der Waals surface area contributed by atoms with Gasteiger partial charge >= 0.3 is 5.97 Å². The molecule has 0 saturated heterocycles. The van der Waals surface area contributed by atoms with Gasteiger partial charge in [-0.2, -0.15) is 5.26 Å². The van der Waals surface area contributed by atoms with Gasteiger partial charge in [0.1, 0.15) is 17.5 Å². The number of hydrogen-bond acceptors (Lipinski definition) is 5. The Bertz CT molecular complexity index is 1020. The zero-order valence-corrected chi connectivity index (χ0v) is 15.2. The van der Waals surface area contributed by atoms with Crippen LogP contribution in [0.3, 0.4) is 0 Å². The zero-order valence-electron chi connectivity index (χ0n) is 15.2. The lowest BCUT2D eigenvalue weighted by Crippen LogP contribution is -2.02. The summed E-state index contributed by atoms with van der Waals surface area (Å²) in [7, 11) is 1.34. The molecule has 5 heteroatoms. The summed E-state index contributed by atoms with van der Waals surface area (Å²) in [5, 5.41) is 9.53. The molecular formula is C22H19N3O2. The summed E-state index contributed by atoms with van der Waals surface area (Å²) in [6.07, 6.45) is 0.959. The van der Waals surface area contributed by atoms with Crippen molar-refractivity contribution in [1.82, 2.24) is 4.98 Å². The van der Waals surface area contributed by atoms with Crippen LogP contribution >= 0.6 is 0 Å². The second kappa shape index (κ2) is 7.71. The van der Waals surface area contributed by atoms with Crippen molar-refractivity contribution in [2.45, 2.75) is 13.3 Å². The van der Waals surface area contributed by atoms with Crippen LogP contribution in [-0.2, 0) is 11.2 Å². The van der Waals surface area contributed by atoms with Gasteiger partial charge in [0.15, 0.2) is 0 Å². The number of hydrogen-bond donors (Lipinski definition) is 1. The molecule has 0 saturated carbocycles. The molecule has 0 amide bonds. The highest BCUT2D eigenvalue weighted by atomic mass is 16.5. The summed E-state index contributed by atoms with van der Waals surface area (Å²) >= 11 is 0. The van der Waals surface area contributed by atoms with Crippen LogP contribution in [0.15, 0.2) is 54.6 Å². The summed E-state index contributed by atoms with van der Waals surface area (Å²) < 4.78 is 4.72. The maximum atomic E-state index is 11.6. The summed E-state index contributed by atoms with van der Waals surface area (Å²) in [5.41, 5.74) is 11.1. The number of pyridine rings is 1. The number of carbonyl (C=O) groups excluding carboxylic acids is 1. The van der Waals surface area contributed by atoms with Gasteiger partial charge in [-0.15, -0.1) is 0 Å². The molecule has 0 bridgehead atoms. The molecule has 134 valence electrons. The predicted octanol–water partition coefficient (Wildman–Crippen LogP) is 4.22. The van der Waals surface area contributed by atoms with Crippen LogP contribution < -0.4 is 5.73 Å². The number of nitrogens with two attached hydrogens (primary N) is 1. The first-order chi connectivity index (χ1) is 13.1. The number of carbonyl (C=O) groups is 1. The molecule has 0 aliphatic heterocycles. The third-order valence-electron chi connectivity index (χ3n) is 4.43. The molecule has 3 rings (SSSR count). The van der Waals surface area contributed by atoms with E-state index in [-0.39, 0.29) is 5.82 Å². The van der Waals surface area contributed by atoms with Crippen molar-refractivity contribution in [3.63, 3.8) is 0 Å². The number of nitrogens with zero attached hydrogens (tertiary/aromatic N) is 2. The maximum absolute atomic E-state index is 11.6. The highest BCUT2D eigenvalue weighted by Crippen LogP contribution is 2.31. The first-order valence-electron chi connectivity index (χ1n) is 8.56. The van der Waals surface area contributed by atoms with Gasteiger partial charge < -0.3 is 10.5 Å². The molecule has 3 aromatic rings. The van der Waals surface area contributed by atoms with E-state index in [0.29, 0.717) is 22.4 Å². The fourth-order valence-electron chi connectivity index (χ4n) is 2.87. The van der Waals surface area contributed by atoms with Gasteiger partial charge in [0.2, 0.25) is 0 Å². The van der Waals surface area contributed by atoms with Gasteiger partial charge in [-0.05, 0) is 35.7 Å². The fraction of sp³-hybridized carbons (Fsp3) is 0.136. The van der Waals surface area contributed by atoms with Crippen molar-refractivity contribution in [3.05, 3.63) is 71.3 Å². The predicted molar refractivity (Wildman–Crippen MR) is 105 cm³/mol. The average Bonchev–Trinajstić information content (AvgIpc) is 2.72. The smallest absolute Gasteiger partial charge is 0.337 e. The number of anilines is 1. The molecule has 0 radical (unpaired) electrons. The lowest BCUT2D eigenvalue weighted by atomic mass is 9.97. The first-order valence-corrected chi connectivity index (χ1v) is 8.56. The van der Waals surface area contributed by atoms with Gasteiger partial charge in [0, 0.05) is 11.1 Å². The van der Waals surface area contributed by atoms with E-state index in [1.54, 1.807) is 24.3 Å². The summed E-state index contributed by atoms with van der Waals surface area (Å²) in [5.74, 6) is -0.227. The SMILES string of the molecule is CCc1ccc(-c2cc(-c3ccc(C(=O)OC)cc3)c(C#N)c(N)n2)cc1. The molecule has 2 N–H and O–H groups in total. The van der Waals surface area contributed by atoms with Gasteiger partial charge in [0.05, 0.1) is 18.4 Å². The van der Waals surface area contributed by atoms with Gasteiger partial charge in [0.25, 0.3) is 0 Å². The molecule has 0 aliphatic rings. The van der Waals surface area contributed by atoms with E-state index in [4.69, 9.17) is 10.5 Å². The Hall–Kier alpha value is -3.65. The van der Waals surface area contributed by atoms with Crippen LogP contribution in [0.4, 0.5) is 5.82 Å². The molecule has 0 unspecified atom stereocenters. The number of nitriles is 1. The van der Waals surface area contributed by atoms with Crippen molar-refractivity contribution in [3.8, 4) is 28.5 Å². The van der Waals surface area contributed by atoms with Gasteiger partial charge in [-0.25, -0.2) is 9.78 Å². The van der Waals surface area contributed by atoms with Gasteiger partial charge in [-0.1, -0.05) is 43.3 Å². The van der Waals surface area contributed by atoms with Crippen molar-refractivity contribution < 1.29 is 9.53 Å². The maximum Gasteiger partial charge on any atom is 0.337 e. The number of methoxy groups -OCH3 is 1. The molecule has 0 atom stereocenters. The summed E-state index contributed by atoms with van der Waals surface area (Å²) in [6.45, 7) is 2.10. The minimum absolute atomic E-state index is 0.182. The first kappa shape index (κ1) is 18.2. The van der Waals surface area contributed by atoms with Crippen LogP contribution in [0.5, 0.6) is 0 Å². The van der Waals surface area contributed by atoms with Crippen molar-refractivity contribution in [2.75, 3.05) is 12.8 Å². The Morgan fingerprint density at radius 2 is 1.74 bits per heavy atom. The Labute approximate surface area is 158 Å². The lowest BCUT2D eigenvalue weighted by molar-refractivity contribution is 0.0601. The standard InChI is InChI=1S/C22H19N3O2/c1-3-14-4-6-16(7-5-14)20-12-18(19(13-23)21(24)25-20)15-8-10-17(11-9-15)22(26)27-2/h4-12H,3H2,1-2H3,(H2,24,25). The topological polar surface area (TPSA) is 89.0 Å². The molecule has 5 nitrogen and oxygen atoms in total. The molecule has 0 fully saturated rings. The Morgan fingerprint density at radius 1 is 1.11 bits per heavy atom. The lowest BCUT2D eigenvalue weighted by Gasteiger charge is -2.11. The minimum atomic E-state index is -0.409. The molecule has 27 heavy (non-hydrogen) atoms. The van der Waals surface area contributed by atoms with E-state index in [1.165, 1.54) is 12.7 Å². The normalized spacial score (nSPS) is 10.3. The second-order valence-corrected chi connectivity index (χ2v) is 6.05. The number of esters is 1. The Kier molecular flexibility index (Phi) is 5.18. The van der Waals surface area contributed by atoms with Crippen molar-refractivity contribution >= 4 is 11.8 Å². The number of benzene rings is 2. The van der Waals surface area contributed by atoms with E-state index in [0.717, 1.165) is 17.5 Å². The van der Waals surface area contributed by atoms with E-state index in [9.17, 15) is 10.1 Å². The van der Waals surface area contributed by atoms with E-state index < -0.39 is 5.97 Å². The molecular weight excluding hydrogens is 338 g/mol. The summed E-state index contributed by atoms with van der Waals surface area (Å²) in [6, 6.07) is 18.9. The Balaban J connectivity index is 2.09. The van der Waals surface area contributed by atoms with E-state index in [2.05, 4.69) is 30.1 Å². The van der Waals surface area contributed by atoms with Crippen LogP contribution in [0.25, 0.3) is 22.4 Å². The second-order valence-electron chi connectivity index (χ2n) is 6.05. The molecule has 0 aliphatic carbocycles. The number of rotatable bonds is 4. The molecule has 2 aromatic carbocycles. The van der Waals surface area contributed by atoms with Crippen molar-refractivity contribution in [2.24, 2.45) is 0 Å². The Morgan fingerprint density at radius 3 is 2.30 bits per heavy atom. The monoisotopic (exact) mass is 357 g/mol. The van der Waals surface area contributed by atoms with Crippen LogP contribution in [-0.4, -0.2) is 18.1 Å². The van der Waals surface area contributed by atoms with E-state index in [1.807, 2.05) is 18.2 Å². The zero-order chi connectivity index (χ0) is 19.4. The third kappa shape index (κ3) is 3.65.